The molecule has 0 aromatic carbocycles. The van der Waals surface area contributed by atoms with Gasteiger partial charge in [0.1, 0.15) is 0 Å². The average molecular weight is 166 g/mol. The number of fused-ring (bicyclic) bond motifs is 1. The number of rotatable bonds is 1. The molecule has 2 rings (SSSR count). The molecule has 0 amide bonds. The average Bonchev–Trinajstić information content (AvgIpc) is 2.53. The number of aromatic nitrogens is 2. The molecule has 1 N–H and O–H groups in total. The van der Waals surface area contributed by atoms with Crippen LogP contribution in [0.4, 0.5) is 0 Å². The van der Waals surface area contributed by atoms with Crippen LogP contribution in [-0.2, 0) is 0 Å². The van der Waals surface area contributed by atoms with Gasteiger partial charge in [-0.1, -0.05) is 13.8 Å². The van der Waals surface area contributed by atoms with Crippen LogP contribution in [0.3, 0.4) is 0 Å². The standard InChI is InChI=1S/C9H14N2O/c1-6(2)8-5-9(12)7-3-4-10-11(7)8/h3-4,6,8-9,12H,5H2,1-2H3/t8-,9?/m0/s1. The van der Waals surface area contributed by atoms with Gasteiger partial charge < -0.3 is 5.11 Å². The Morgan fingerprint density at radius 3 is 3.08 bits per heavy atom. The van der Waals surface area contributed by atoms with Gasteiger partial charge in [0.25, 0.3) is 0 Å². The number of aliphatic hydroxyl groups is 1. The zero-order valence-corrected chi connectivity index (χ0v) is 7.44. The fraction of sp³-hybridized carbons (Fsp3) is 0.667. The van der Waals surface area contributed by atoms with Gasteiger partial charge >= 0.3 is 0 Å². The summed E-state index contributed by atoms with van der Waals surface area (Å²) in [5.41, 5.74) is 0.966. The minimum absolute atomic E-state index is 0.306. The fourth-order valence-electron chi connectivity index (χ4n) is 1.87. The predicted molar refractivity (Wildman–Crippen MR) is 45.7 cm³/mol. The van der Waals surface area contributed by atoms with E-state index in [0.29, 0.717) is 12.0 Å². The largest absolute Gasteiger partial charge is 0.387 e. The van der Waals surface area contributed by atoms with Gasteiger partial charge in [-0.3, -0.25) is 4.68 Å². The highest BCUT2D eigenvalue weighted by Gasteiger charge is 2.31. The normalized spacial score (nSPS) is 28.0. The van der Waals surface area contributed by atoms with Crippen molar-refractivity contribution in [2.24, 2.45) is 5.92 Å². The van der Waals surface area contributed by atoms with Crippen LogP contribution in [0.2, 0.25) is 0 Å². The summed E-state index contributed by atoms with van der Waals surface area (Å²) in [6.45, 7) is 4.32. The van der Waals surface area contributed by atoms with Gasteiger partial charge in [0.05, 0.1) is 17.8 Å². The van der Waals surface area contributed by atoms with Gasteiger partial charge in [0, 0.05) is 12.6 Å². The summed E-state index contributed by atoms with van der Waals surface area (Å²) < 4.78 is 1.95. The predicted octanol–water partition coefficient (Wildman–Crippen LogP) is 1.52. The summed E-state index contributed by atoms with van der Waals surface area (Å²) in [6.07, 6.45) is 2.27. The lowest BCUT2D eigenvalue weighted by Crippen LogP contribution is -2.11. The summed E-state index contributed by atoms with van der Waals surface area (Å²) in [5, 5.41) is 13.8. The van der Waals surface area contributed by atoms with E-state index in [1.165, 1.54) is 0 Å². The smallest absolute Gasteiger partial charge is 0.0977 e. The van der Waals surface area contributed by atoms with Crippen LogP contribution in [0.5, 0.6) is 0 Å². The van der Waals surface area contributed by atoms with Crippen LogP contribution in [0.25, 0.3) is 0 Å². The first-order valence-electron chi connectivity index (χ1n) is 4.41. The summed E-state index contributed by atoms with van der Waals surface area (Å²) in [4.78, 5) is 0. The lowest BCUT2D eigenvalue weighted by Gasteiger charge is -2.15. The first kappa shape index (κ1) is 7.80. The molecule has 0 aliphatic carbocycles. The van der Waals surface area contributed by atoms with Crippen molar-refractivity contribution in [2.75, 3.05) is 0 Å². The molecule has 0 bridgehead atoms. The minimum Gasteiger partial charge on any atom is -0.387 e. The van der Waals surface area contributed by atoms with Gasteiger partial charge in [-0.2, -0.15) is 5.10 Å². The van der Waals surface area contributed by atoms with Crippen LogP contribution < -0.4 is 0 Å². The fourth-order valence-corrected chi connectivity index (χ4v) is 1.87. The summed E-state index contributed by atoms with van der Waals surface area (Å²) in [5.74, 6) is 0.542. The third kappa shape index (κ3) is 0.966. The Bertz CT molecular complexity index is 280. The molecule has 3 heteroatoms. The molecule has 1 aromatic rings. The molecule has 2 heterocycles. The quantitative estimate of drug-likeness (QED) is 0.686. The Kier molecular flexibility index (Phi) is 1.68. The molecule has 3 nitrogen and oxygen atoms in total. The van der Waals surface area contributed by atoms with Crippen LogP contribution in [0.15, 0.2) is 12.3 Å². The second-order valence-electron chi connectivity index (χ2n) is 3.76. The highest BCUT2D eigenvalue weighted by molar-refractivity contribution is 5.11. The van der Waals surface area contributed by atoms with Crippen LogP contribution >= 0.6 is 0 Å². The van der Waals surface area contributed by atoms with Gasteiger partial charge in [-0.05, 0) is 12.0 Å². The topological polar surface area (TPSA) is 38.1 Å². The summed E-state index contributed by atoms with van der Waals surface area (Å²) in [6, 6.07) is 2.28. The minimum atomic E-state index is -0.306. The summed E-state index contributed by atoms with van der Waals surface area (Å²) in [7, 11) is 0. The monoisotopic (exact) mass is 166 g/mol. The molecular formula is C9H14N2O. The van der Waals surface area contributed by atoms with Crippen molar-refractivity contribution in [1.29, 1.82) is 0 Å². The molecule has 0 saturated heterocycles. The van der Waals surface area contributed by atoms with Gasteiger partial charge in [-0.25, -0.2) is 0 Å². The van der Waals surface area contributed by atoms with Crippen LogP contribution in [0.1, 0.15) is 38.1 Å². The van der Waals surface area contributed by atoms with Gasteiger partial charge in [0.2, 0.25) is 0 Å². The molecule has 1 aromatic heterocycles. The van der Waals surface area contributed by atoms with Crippen molar-refractivity contribution in [2.45, 2.75) is 32.4 Å². The Morgan fingerprint density at radius 2 is 2.42 bits per heavy atom. The van der Waals surface area contributed by atoms with E-state index < -0.39 is 0 Å². The third-order valence-electron chi connectivity index (χ3n) is 2.59. The maximum atomic E-state index is 9.63. The molecule has 1 aliphatic rings. The molecule has 66 valence electrons. The van der Waals surface area contributed by atoms with E-state index in [9.17, 15) is 5.11 Å². The highest BCUT2D eigenvalue weighted by atomic mass is 16.3. The van der Waals surface area contributed by atoms with Crippen molar-refractivity contribution in [3.63, 3.8) is 0 Å². The van der Waals surface area contributed by atoms with E-state index in [2.05, 4.69) is 18.9 Å². The second kappa shape index (κ2) is 2.59. The first-order valence-corrected chi connectivity index (χ1v) is 4.41. The SMILES string of the molecule is CC(C)[C@@H]1CC(O)c2ccnn21. The molecular weight excluding hydrogens is 152 g/mol. The van der Waals surface area contributed by atoms with E-state index in [-0.39, 0.29) is 6.10 Å². The molecule has 2 atom stereocenters. The molecule has 0 radical (unpaired) electrons. The zero-order valence-electron chi connectivity index (χ0n) is 7.44. The lowest BCUT2D eigenvalue weighted by atomic mass is 10.0. The van der Waals surface area contributed by atoms with E-state index in [4.69, 9.17) is 0 Å². The number of aliphatic hydroxyl groups excluding tert-OH is 1. The Labute approximate surface area is 72.0 Å². The van der Waals surface area contributed by atoms with Crippen LogP contribution in [0, 0.1) is 5.92 Å². The van der Waals surface area contributed by atoms with Crippen molar-refractivity contribution in [1.82, 2.24) is 9.78 Å². The Balaban J connectivity index is 2.35. The van der Waals surface area contributed by atoms with Crippen molar-refractivity contribution < 1.29 is 5.11 Å². The maximum absolute atomic E-state index is 9.63. The number of hydrogen-bond acceptors (Lipinski definition) is 2. The molecule has 0 fully saturated rings. The molecule has 12 heavy (non-hydrogen) atoms. The Morgan fingerprint density at radius 1 is 1.67 bits per heavy atom. The van der Waals surface area contributed by atoms with Gasteiger partial charge in [-0.15, -0.1) is 0 Å². The van der Waals surface area contributed by atoms with E-state index in [1.807, 2.05) is 10.7 Å². The highest BCUT2D eigenvalue weighted by Crippen LogP contribution is 2.37. The van der Waals surface area contributed by atoms with Crippen molar-refractivity contribution in [3.05, 3.63) is 18.0 Å². The number of nitrogens with zero attached hydrogens (tertiary/aromatic N) is 2. The van der Waals surface area contributed by atoms with Crippen molar-refractivity contribution >= 4 is 0 Å². The van der Waals surface area contributed by atoms with Gasteiger partial charge in [0.15, 0.2) is 0 Å². The van der Waals surface area contributed by atoms with E-state index in [0.717, 1.165) is 12.1 Å². The molecule has 1 unspecified atom stereocenters. The third-order valence-corrected chi connectivity index (χ3v) is 2.59. The van der Waals surface area contributed by atoms with E-state index >= 15 is 0 Å². The lowest BCUT2D eigenvalue weighted by molar-refractivity contribution is 0.165. The zero-order chi connectivity index (χ0) is 8.72. The summed E-state index contributed by atoms with van der Waals surface area (Å²) >= 11 is 0. The number of hydrogen-bond donors (Lipinski definition) is 1. The molecule has 0 saturated carbocycles. The van der Waals surface area contributed by atoms with Crippen molar-refractivity contribution in [3.8, 4) is 0 Å². The first-order chi connectivity index (χ1) is 5.70. The molecule has 0 spiro atoms. The maximum Gasteiger partial charge on any atom is 0.0977 e. The molecule has 1 aliphatic heterocycles. The van der Waals surface area contributed by atoms with Crippen LogP contribution in [-0.4, -0.2) is 14.9 Å². The Hall–Kier alpha value is -0.830. The van der Waals surface area contributed by atoms with E-state index in [1.54, 1.807) is 6.20 Å². The second-order valence-corrected chi connectivity index (χ2v) is 3.76.